The molecule has 3 heterocycles. The molecule has 4 aromatic rings. The van der Waals surface area contributed by atoms with Crippen LogP contribution in [0, 0.1) is 6.92 Å². The first-order chi connectivity index (χ1) is 21.7. The number of hydrogen-bond acceptors (Lipinski definition) is 5. The van der Waals surface area contributed by atoms with Crippen LogP contribution in [0.3, 0.4) is 0 Å². The molecule has 1 fully saturated rings. The summed E-state index contributed by atoms with van der Waals surface area (Å²) < 4.78 is 1.75. The van der Waals surface area contributed by atoms with Gasteiger partial charge in [-0.25, -0.2) is 9.48 Å². The molecule has 45 heavy (non-hydrogen) atoms. The normalized spacial score (nSPS) is 17.7. The fourth-order valence-electron chi connectivity index (χ4n) is 6.48. The first-order valence-corrected chi connectivity index (χ1v) is 16.5. The summed E-state index contributed by atoms with van der Waals surface area (Å²) in [5.41, 5.74) is 5.83. The monoisotopic (exact) mass is 605 g/mol. The van der Waals surface area contributed by atoms with Gasteiger partial charge in [-0.2, -0.15) is 5.10 Å². The molecule has 0 radical (unpaired) electrons. The molecule has 1 unspecified atom stereocenters. The van der Waals surface area contributed by atoms with E-state index < -0.39 is 0 Å². The number of rotatable bonds is 8. The highest BCUT2D eigenvalue weighted by Gasteiger charge is 2.23. The van der Waals surface area contributed by atoms with Crippen LogP contribution >= 0.6 is 0 Å². The minimum Gasteiger partial charge on any atom is -0.309 e. The summed E-state index contributed by atoms with van der Waals surface area (Å²) in [6.07, 6.45) is 11.7. The van der Waals surface area contributed by atoms with E-state index in [0.717, 1.165) is 53.0 Å². The molecule has 0 bridgehead atoms. The number of nitrogens with one attached hydrogen (secondary N) is 3. The number of carbonyl (C=O) groups excluding carboxylic acids is 1. The van der Waals surface area contributed by atoms with E-state index in [-0.39, 0.29) is 11.4 Å². The van der Waals surface area contributed by atoms with Gasteiger partial charge in [-0.3, -0.25) is 10.3 Å². The lowest BCUT2D eigenvalue weighted by Gasteiger charge is -2.28. The van der Waals surface area contributed by atoms with Crippen LogP contribution in [0.25, 0.3) is 22.0 Å². The second-order valence-corrected chi connectivity index (χ2v) is 13.6. The zero-order valence-corrected chi connectivity index (χ0v) is 27.2. The molecule has 1 saturated heterocycles. The van der Waals surface area contributed by atoms with E-state index in [1.807, 2.05) is 37.3 Å². The standard InChI is InChI=1S/C37H47N7O/c1-26-15-16-29(25-39-26)44-35(24-34(42-44)37(2,3)4)41-36(45)40-33-18-17-30(31-13-6-7-14-32(31)33)27-11-10-12-28(23-27)38-19-22-43-20-8-5-9-21-43/h6-7,13-18,23-25,28,38H,5,8-12,19-22H2,1-4H3,(H2,40,41,45). The molecule has 236 valence electrons. The lowest BCUT2D eigenvalue weighted by Crippen LogP contribution is -2.39. The van der Waals surface area contributed by atoms with Crippen molar-refractivity contribution in [3.8, 4) is 5.69 Å². The van der Waals surface area contributed by atoms with Gasteiger partial charge in [0.15, 0.2) is 0 Å². The smallest absolute Gasteiger partial charge is 0.309 e. The van der Waals surface area contributed by atoms with Gasteiger partial charge in [0.25, 0.3) is 0 Å². The fourth-order valence-corrected chi connectivity index (χ4v) is 6.48. The summed E-state index contributed by atoms with van der Waals surface area (Å²) in [6, 6.07) is 18.5. The van der Waals surface area contributed by atoms with Gasteiger partial charge in [-0.1, -0.05) is 63.6 Å². The summed E-state index contributed by atoms with van der Waals surface area (Å²) in [5.74, 6) is 0.593. The SMILES string of the molecule is Cc1ccc(-n2nc(C(C)(C)C)cc2NC(=O)Nc2ccc(C3=CC(NCCN4CCCCC4)CCC3)c3ccccc23)cn1. The highest BCUT2D eigenvalue weighted by molar-refractivity contribution is 6.08. The summed E-state index contributed by atoms with van der Waals surface area (Å²) in [7, 11) is 0. The van der Waals surface area contributed by atoms with Crippen LogP contribution in [0.2, 0.25) is 0 Å². The van der Waals surface area contributed by atoms with Crippen molar-refractivity contribution in [2.75, 3.05) is 36.8 Å². The van der Waals surface area contributed by atoms with Gasteiger partial charge in [0.1, 0.15) is 5.82 Å². The second kappa shape index (κ2) is 13.5. The van der Waals surface area contributed by atoms with E-state index in [2.05, 4.69) is 76.9 Å². The summed E-state index contributed by atoms with van der Waals surface area (Å²) in [6.45, 7) is 12.9. The maximum atomic E-state index is 13.5. The quantitative estimate of drug-likeness (QED) is 0.192. The third-order valence-corrected chi connectivity index (χ3v) is 9.02. The van der Waals surface area contributed by atoms with Crippen LogP contribution in [-0.2, 0) is 5.41 Å². The van der Waals surface area contributed by atoms with Crippen molar-refractivity contribution >= 4 is 33.9 Å². The van der Waals surface area contributed by atoms with Gasteiger partial charge in [0, 0.05) is 41.7 Å². The van der Waals surface area contributed by atoms with Crippen LogP contribution < -0.4 is 16.0 Å². The molecule has 0 saturated carbocycles. The van der Waals surface area contributed by atoms with Crippen LogP contribution in [0.1, 0.15) is 76.2 Å². The summed E-state index contributed by atoms with van der Waals surface area (Å²) in [4.78, 5) is 20.5. The van der Waals surface area contributed by atoms with Crippen molar-refractivity contribution in [3.63, 3.8) is 0 Å². The average molecular weight is 606 g/mol. The fraction of sp³-hybridized carbons (Fsp3) is 0.432. The third-order valence-electron chi connectivity index (χ3n) is 9.02. The maximum Gasteiger partial charge on any atom is 0.324 e. The molecule has 1 aliphatic carbocycles. The number of piperidine rings is 1. The number of nitrogens with zero attached hydrogens (tertiary/aromatic N) is 4. The molecule has 2 aromatic heterocycles. The van der Waals surface area contributed by atoms with E-state index in [0.29, 0.717) is 11.9 Å². The zero-order chi connectivity index (χ0) is 31.4. The lowest BCUT2D eigenvalue weighted by molar-refractivity contribution is 0.227. The Morgan fingerprint density at radius 1 is 0.956 bits per heavy atom. The molecule has 1 aliphatic heterocycles. The molecular formula is C37H47N7O. The van der Waals surface area contributed by atoms with Crippen molar-refractivity contribution in [3.05, 3.63) is 83.8 Å². The van der Waals surface area contributed by atoms with Crippen molar-refractivity contribution < 1.29 is 4.79 Å². The molecule has 8 heteroatoms. The minimum absolute atomic E-state index is 0.183. The average Bonchev–Trinajstić information content (AvgIpc) is 3.46. The number of carbonyl (C=O) groups is 1. The zero-order valence-electron chi connectivity index (χ0n) is 27.2. The highest BCUT2D eigenvalue weighted by Crippen LogP contribution is 2.35. The molecule has 2 amide bonds. The molecular weight excluding hydrogens is 558 g/mol. The maximum absolute atomic E-state index is 13.5. The number of likely N-dealkylation sites (tertiary alicyclic amines) is 1. The van der Waals surface area contributed by atoms with E-state index in [1.54, 1.807) is 10.9 Å². The van der Waals surface area contributed by atoms with Gasteiger partial charge >= 0.3 is 6.03 Å². The predicted molar refractivity (Wildman–Crippen MR) is 185 cm³/mol. The molecule has 6 rings (SSSR count). The number of hydrogen-bond donors (Lipinski definition) is 3. The first kappa shape index (κ1) is 31.0. The molecule has 2 aliphatic rings. The van der Waals surface area contributed by atoms with E-state index >= 15 is 0 Å². The minimum atomic E-state index is -0.315. The Morgan fingerprint density at radius 3 is 2.51 bits per heavy atom. The van der Waals surface area contributed by atoms with Crippen molar-refractivity contribution in [2.45, 2.75) is 77.7 Å². The number of anilines is 2. The Kier molecular flexibility index (Phi) is 9.33. The Labute approximate surface area is 267 Å². The third kappa shape index (κ3) is 7.45. The Morgan fingerprint density at radius 2 is 1.76 bits per heavy atom. The number of aromatic nitrogens is 3. The van der Waals surface area contributed by atoms with E-state index in [4.69, 9.17) is 5.10 Å². The van der Waals surface area contributed by atoms with Crippen molar-refractivity contribution in [1.82, 2.24) is 25.0 Å². The van der Waals surface area contributed by atoms with Gasteiger partial charge in [-0.15, -0.1) is 0 Å². The van der Waals surface area contributed by atoms with Crippen molar-refractivity contribution in [1.29, 1.82) is 0 Å². The molecule has 0 spiro atoms. The van der Waals surface area contributed by atoms with Crippen LogP contribution in [-0.4, -0.2) is 57.9 Å². The number of aryl methyl sites for hydroxylation is 1. The topological polar surface area (TPSA) is 87.1 Å². The molecule has 3 N–H and O–H groups in total. The highest BCUT2D eigenvalue weighted by atomic mass is 16.2. The molecule has 8 nitrogen and oxygen atoms in total. The Hall–Kier alpha value is -4.01. The predicted octanol–water partition coefficient (Wildman–Crippen LogP) is 7.68. The largest absolute Gasteiger partial charge is 0.324 e. The number of pyridine rings is 1. The van der Waals surface area contributed by atoms with E-state index in [9.17, 15) is 4.79 Å². The van der Waals surface area contributed by atoms with Crippen LogP contribution in [0.4, 0.5) is 16.3 Å². The van der Waals surface area contributed by atoms with Gasteiger partial charge in [-0.05, 0) is 86.8 Å². The number of allylic oxidation sites excluding steroid dienone is 1. The Balaban J connectivity index is 1.19. The number of urea groups is 1. The van der Waals surface area contributed by atoms with Crippen LogP contribution in [0.5, 0.6) is 0 Å². The number of fused-ring (bicyclic) bond motifs is 1. The number of amides is 2. The van der Waals surface area contributed by atoms with Crippen LogP contribution in [0.15, 0.2) is 66.9 Å². The van der Waals surface area contributed by atoms with E-state index in [1.165, 1.54) is 56.3 Å². The molecule has 2 aromatic carbocycles. The summed E-state index contributed by atoms with van der Waals surface area (Å²) >= 11 is 0. The summed E-state index contributed by atoms with van der Waals surface area (Å²) in [5, 5.41) is 17.0. The van der Waals surface area contributed by atoms with Gasteiger partial charge in [0.2, 0.25) is 0 Å². The van der Waals surface area contributed by atoms with Gasteiger partial charge < -0.3 is 15.5 Å². The second-order valence-electron chi connectivity index (χ2n) is 13.6. The lowest BCUT2D eigenvalue weighted by atomic mass is 9.88. The molecule has 1 atom stereocenters. The Bertz CT molecular complexity index is 1660. The first-order valence-electron chi connectivity index (χ1n) is 16.5. The number of benzene rings is 2. The van der Waals surface area contributed by atoms with Gasteiger partial charge in [0.05, 0.1) is 23.3 Å². The van der Waals surface area contributed by atoms with Crippen molar-refractivity contribution in [2.24, 2.45) is 0 Å².